The summed E-state index contributed by atoms with van der Waals surface area (Å²) in [4.78, 5) is 23.0. The van der Waals surface area contributed by atoms with Gasteiger partial charge in [0.05, 0.1) is 18.2 Å². The number of carbonyl (C=O) groups excluding carboxylic acids is 2. The van der Waals surface area contributed by atoms with E-state index in [1.165, 1.54) is 7.11 Å². The molecular formula is C15H22O4Si. The first-order valence-electron chi connectivity index (χ1n) is 6.49. The Morgan fingerprint density at radius 3 is 2.30 bits per heavy atom. The highest BCUT2D eigenvalue weighted by Gasteiger charge is 2.39. The molecule has 0 aliphatic carbocycles. The lowest BCUT2D eigenvalue weighted by Gasteiger charge is -2.36. The molecule has 0 amide bonds. The Hall–Kier alpha value is -1.62. The van der Waals surface area contributed by atoms with Gasteiger partial charge in [0.1, 0.15) is 5.75 Å². The van der Waals surface area contributed by atoms with E-state index in [0.29, 0.717) is 12.0 Å². The Morgan fingerprint density at radius 1 is 1.25 bits per heavy atom. The van der Waals surface area contributed by atoms with Crippen LogP contribution in [0.1, 0.15) is 41.5 Å². The zero-order valence-electron chi connectivity index (χ0n) is 12.9. The lowest BCUT2D eigenvalue weighted by molar-refractivity contribution is 0.0598. The van der Waals surface area contributed by atoms with Gasteiger partial charge in [-0.3, -0.25) is 4.79 Å². The van der Waals surface area contributed by atoms with Gasteiger partial charge in [-0.2, -0.15) is 0 Å². The van der Waals surface area contributed by atoms with Crippen molar-refractivity contribution in [3.63, 3.8) is 0 Å². The van der Waals surface area contributed by atoms with Gasteiger partial charge in [0, 0.05) is 0 Å². The van der Waals surface area contributed by atoms with Crippen LogP contribution in [0.2, 0.25) is 18.1 Å². The van der Waals surface area contributed by atoms with E-state index in [9.17, 15) is 9.59 Å². The van der Waals surface area contributed by atoms with Gasteiger partial charge in [0.15, 0.2) is 6.29 Å². The smallest absolute Gasteiger partial charge is 0.338 e. The molecule has 0 saturated carbocycles. The minimum absolute atomic E-state index is 0.00836. The fourth-order valence-electron chi connectivity index (χ4n) is 1.47. The summed E-state index contributed by atoms with van der Waals surface area (Å²) in [5.74, 6) is -0.0812. The van der Waals surface area contributed by atoms with Crippen LogP contribution in [0.4, 0.5) is 0 Å². The van der Waals surface area contributed by atoms with Crippen LogP contribution in [-0.2, 0) is 4.74 Å². The van der Waals surface area contributed by atoms with Crippen molar-refractivity contribution in [3.05, 3.63) is 29.3 Å². The van der Waals surface area contributed by atoms with E-state index in [1.54, 1.807) is 18.2 Å². The lowest BCUT2D eigenvalue weighted by atomic mass is 10.1. The van der Waals surface area contributed by atoms with Crippen LogP contribution in [0.15, 0.2) is 18.2 Å². The maximum absolute atomic E-state index is 11.7. The molecule has 4 nitrogen and oxygen atoms in total. The number of hydrogen-bond acceptors (Lipinski definition) is 4. The second-order valence-corrected chi connectivity index (χ2v) is 10.9. The monoisotopic (exact) mass is 294 g/mol. The van der Waals surface area contributed by atoms with Gasteiger partial charge >= 0.3 is 5.97 Å². The zero-order chi connectivity index (χ0) is 15.6. The number of hydrogen-bond donors (Lipinski definition) is 0. The summed E-state index contributed by atoms with van der Waals surface area (Å²) in [5.41, 5.74) is 0.489. The fourth-order valence-corrected chi connectivity index (χ4v) is 2.50. The molecule has 0 unspecified atom stereocenters. The minimum atomic E-state index is -2.07. The Balaban J connectivity index is 3.27. The summed E-state index contributed by atoms with van der Waals surface area (Å²) in [6.45, 7) is 10.5. The second kappa shape index (κ2) is 5.79. The molecule has 0 aliphatic heterocycles. The summed E-state index contributed by atoms with van der Waals surface area (Å²) in [6, 6.07) is 4.98. The third kappa shape index (κ3) is 3.28. The standard InChI is InChI=1S/C15H22O4Si/c1-15(2,3)20(5,6)19-13-9-7-8-11(12(13)10-16)14(17)18-4/h7-10H,1-6H3. The number of benzene rings is 1. The van der Waals surface area contributed by atoms with Crippen LogP contribution in [0.5, 0.6) is 5.75 Å². The Kier molecular flexibility index (Phi) is 4.75. The van der Waals surface area contributed by atoms with Gasteiger partial charge in [-0.1, -0.05) is 26.8 Å². The molecule has 1 aromatic carbocycles. The molecule has 0 aliphatic rings. The van der Waals surface area contributed by atoms with Gasteiger partial charge < -0.3 is 9.16 Å². The van der Waals surface area contributed by atoms with E-state index >= 15 is 0 Å². The van der Waals surface area contributed by atoms with E-state index in [4.69, 9.17) is 4.43 Å². The zero-order valence-corrected chi connectivity index (χ0v) is 13.9. The fraction of sp³-hybridized carbons (Fsp3) is 0.467. The Labute approximate surface area is 121 Å². The van der Waals surface area contributed by atoms with Crippen molar-refractivity contribution in [2.24, 2.45) is 0 Å². The average Bonchev–Trinajstić information content (AvgIpc) is 2.35. The molecule has 0 heterocycles. The molecule has 110 valence electrons. The van der Waals surface area contributed by atoms with Crippen molar-refractivity contribution in [1.82, 2.24) is 0 Å². The number of methoxy groups -OCH3 is 1. The third-order valence-electron chi connectivity index (χ3n) is 3.76. The molecular weight excluding hydrogens is 272 g/mol. The quantitative estimate of drug-likeness (QED) is 0.483. The van der Waals surface area contributed by atoms with Gasteiger partial charge in [-0.15, -0.1) is 0 Å². The van der Waals surface area contributed by atoms with Crippen LogP contribution < -0.4 is 4.43 Å². The highest BCUT2D eigenvalue weighted by molar-refractivity contribution is 6.74. The topological polar surface area (TPSA) is 52.6 Å². The molecule has 0 fully saturated rings. The summed E-state index contributed by atoms with van der Waals surface area (Å²) < 4.78 is 10.8. The van der Waals surface area contributed by atoms with E-state index in [-0.39, 0.29) is 16.2 Å². The van der Waals surface area contributed by atoms with Crippen molar-refractivity contribution in [2.75, 3.05) is 7.11 Å². The van der Waals surface area contributed by atoms with Crippen LogP contribution in [-0.4, -0.2) is 27.7 Å². The molecule has 20 heavy (non-hydrogen) atoms. The maximum atomic E-state index is 11.7. The summed E-state index contributed by atoms with van der Waals surface area (Å²) >= 11 is 0. The molecule has 0 saturated heterocycles. The maximum Gasteiger partial charge on any atom is 0.338 e. The number of carbonyl (C=O) groups is 2. The predicted octanol–water partition coefficient (Wildman–Crippen LogP) is 3.67. The molecule has 1 aromatic rings. The SMILES string of the molecule is COC(=O)c1cccc(O[Si](C)(C)C(C)(C)C)c1C=O. The first-order chi connectivity index (χ1) is 9.14. The van der Waals surface area contributed by atoms with Crippen LogP contribution >= 0.6 is 0 Å². The summed E-state index contributed by atoms with van der Waals surface area (Å²) in [5, 5.41) is 0.00836. The molecule has 0 radical (unpaired) electrons. The molecule has 0 aromatic heterocycles. The second-order valence-electron chi connectivity index (χ2n) is 6.19. The molecule has 0 N–H and O–H groups in total. The Morgan fingerprint density at radius 2 is 1.85 bits per heavy atom. The van der Waals surface area contributed by atoms with Crippen molar-refractivity contribution in [2.45, 2.75) is 38.9 Å². The van der Waals surface area contributed by atoms with Crippen molar-refractivity contribution in [1.29, 1.82) is 0 Å². The molecule has 1 rings (SSSR count). The molecule has 5 heteroatoms. The molecule has 0 spiro atoms. The third-order valence-corrected chi connectivity index (χ3v) is 8.10. The van der Waals surface area contributed by atoms with E-state index in [0.717, 1.165) is 0 Å². The predicted molar refractivity (Wildman–Crippen MR) is 81.0 cm³/mol. The Bertz CT molecular complexity index is 515. The van der Waals surface area contributed by atoms with Gasteiger partial charge in [0.25, 0.3) is 8.32 Å². The number of rotatable bonds is 4. The van der Waals surface area contributed by atoms with Crippen molar-refractivity contribution in [3.8, 4) is 5.75 Å². The van der Waals surface area contributed by atoms with E-state index < -0.39 is 14.3 Å². The van der Waals surface area contributed by atoms with Gasteiger partial charge in [-0.25, -0.2) is 4.79 Å². The largest absolute Gasteiger partial charge is 0.543 e. The minimum Gasteiger partial charge on any atom is -0.543 e. The van der Waals surface area contributed by atoms with Crippen molar-refractivity contribution >= 4 is 20.6 Å². The first kappa shape index (κ1) is 16.4. The van der Waals surface area contributed by atoms with Gasteiger partial charge in [-0.05, 0) is 30.3 Å². The normalized spacial score (nSPS) is 11.9. The van der Waals surface area contributed by atoms with Crippen LogP contribution in [0.3, 0.4) is 0 Å². The summed E-state index contributed by atoms with van der Waals surface area (Å²) in [6.07, 6.45) is 0.648. The highest BCUT2D eigenvalue weighted by atomic mass is 28.4. The van der Waals surface area contributed by atoms with Crippen LogP contribution in [0, 0.1) is 0 Å². The highest BCUT2D eigenvalue weighted by Crippen LogP contribution is 2.38. The van der Waals surface area contributed by atoms with Gasteiger partial charge in [0.2, 0.25) is 0 Å². The average molecular weight is 294 g/mol. The van der Waals surface area contributed by atoms with E-state index in [2.05, 4.69) is 38.6 Å². The van der Waals surface area contributed by atoms with Crippen LogP contribution in [0.25, 0.3) is 0 Å². The van der Waals surface area contributed by atoms with E-state index in [1.807, 2.05) is 0 Å². The lowest BCUT2D eigenvalue weighted by Crippen LogP contribution is -2.44. The first-order valence-corrected chi connectivity index (χ1v) is 9.40. The number of aldehydes is 1. The number of ether oxygens (including phenoxy) is 1. The summed E-state index contributed by atoms with van der Waals surface area (Å²) in [7, 11) is -0.782. The molecule has 0 atom stereocenters. The number of esters is 1. The molecule has 0 bridgehead atoms. The van der Waals surface area contributed by atoms with Crippen molar-refractivity contribution < 1.29 is 18.8 Å².